The van der Waals surface area contributed by atoms with Crippen LogP contribution in [0.25, 0.3) is 0 Å². The molecule has 1 aliphatic rings. The molecule has 1 unspecified atom stereocenters. The lowest BCUT2D eigenvalue weighted by Gasteiger charge is -2.06. The molecule has 0 amide bonds. The van der Waals surface area contributed by atoms with Crippen LogP contribution in [-0.2, 0) is 0 Å². The average molecular weight is 175 g/mol. The van der Waals surface area contributed by atoms with Crippen LogP contribution in [0.2, 0.25) is 0 Å². The topological polar surface area (TPSA) is 3.01 Å². The molecule has 2 rings (SSSR count). The van der Waals surface area contributed by atoms with E-state index in [-0.39, 0.29) is 0 Å². The van der Waals surface area contributed by atoms with E-state index in [1.54, 1.807) is 0 Å². The van der Waals surface area contributed by atoms with E-state index >= 15 is 0 Å². The van der Waals surface area contributed by atoms with Crippen LogP contribution in [0, 0.1) is 0 Å². The van der Waals surface area contributed by atoms with Crippen LogP contribution in [0.3, 0.4) is 0 Å². The van der Waals surface area contributed by atoms with Crippen LogP contribution in [-0.4, -0.2) is 17.0 Å². The van der Waals surface area contributed by atoms with E-state index < -0.39 is 0 Å². The van der Waals surface area contributed by atoms with Gasteiger partial charge in [0.2, 0.25) is 0 Å². The van der Waals surface area contributed by atoms with Gasteiger partial charge in [0.15, 0.2) is 0 Å². The van der Waals surface area contributed by atoms with Crippen molar-refractivity contribution in [1.29, 1.82) is 0 Å². The van der Waals surface area contributed by atoms with Gasteiger partial charge in [-0.2, -0.15) is 0 Å². The zero-order chi connectivity index (χ0) is 9.42. The highest BCUT2D eigenvalue weighted by atomic mass is 15.4. The summed E-state index contributed by atoms with van der Waals surface area (Å²) < 4.78 is 0. The summed E-state index contributed by atoms with van der Waals surface area (Å²) in [6, 6.07) is 12.8. The molecule has 0 aromatic heterocycles. The molecule has 1 heterocycles. The molecule has 1 heteroatoms. The van der Waals surface area contributed by atoms with E-state index in [9.17, 15) is 0 Å². The normalized spacial score (nSPS) is 32.2. The monoisotopic (exact) mass is 175 g/mol. The Morgan fingerprint density at radius 3 is 2.23 bits per heavy atom. The molecular weight excluding hydrogens is 158 g/mol. The Bertz CT molecular complexity index is 278. The smallest absolute Gasteiger partial charge is 0.0507 e. The van der Waals surface area contributed by atoms with Crippen LogP contribution in [0.5, 0.6) is 0 Å². The third kappa shape index (κ3) is 1.49. The molecule has 1 aromatic rings. The molecule has 70 valence electrons. The lowest BCUT2D eigenvalue weighted by atomic mass is 10.1. The predicted molar refractivity (Wildman–Crippen MR) is 55.6 cm³/mol. The van der Waals surface area contributed by atoms with Gasteiger partial charge in [-0.25, -0.2) is 0 Å². The Kier molecular flexibility index (Phi) is 2.12. The fourth-order valence-electron chi connectivity index (χ4n) is 2.26. The Labute approximate surface area is 80.4 Å². The maximum atomic E-state index is 2.54. The van der Waals surface area contributed by atoms with Gasteiger partial charge >= 0.3 is 0 Å². The first kappa shape index (κ1) is 8.76. The van der Waals surface area contributed by atoms with E-state index in [0.29, 0.717) is 12.1 Å². The molecule has 1 aliphatic heterocycles. The molecule has 1 nitrogen and oxygen atoms in total. The minimum Gasteiger partial charge on any atom is -0.288 e. The predicted octanol–water partition coefficient (Wildman–Crippen LogP) is 2.84. The van der Waals surface area contributed by atoms with E-state index in [0.717, 1.165) is 6.04 Å². The van der Waals surface area contributed by atoms with Crippen molar-refractivity contribution in [1.82, 2.24) is 4.90 Å². The summed E-state index contributed by atoms with van der Waals surface area (Å²) in [7, 11) is 0. The van der Waals surface area contributed by atoms with Crippen molar-refractivity contribution < 1.29 is 0 Å². The quantitative estimate of drug-likeness (QED) is 0.625. The first-order valence-electron chi connectivity index (χ1n) is 5.04. The Morgan fingerprint density at radius 2 is 1.77 bits per heavy atom. The van der Waals surface area contributed by atoms with Gasteiger partial charge in [0.1, 0.15) is 0 Å². The summed E-state index contributed by atoms with van der Waals surface area (Å²) in [6.07, 6.45) is 0. The Hall–Kier alpha value is -0.820. The van der Waals surface area contributed by atoms with Crippen LogP contribution >= 0.6 is 0 Å². The number of hydrogen-bond acceptors (Lipinski definition) is 1. The highest BCUT2D eigenvalue weighted by Crippen LogP contribution is 2.44. The third-order valence-electron chi connectivity index (χ3n) is 2.90. The SMILES string of the molecule is CC(C)N1[C@H](C)[C@@H]1c1ccccc1. The third-order valence-corrected chi connectivity index (χ3v) is 2.90. The number of nitrogens with zero attached hydrogens (tertiary/aromatic N) is 1. The highest BCUT2D eigenvalue weighted by Gasteiger charge is 2.45. The van der Waals surface area contributed by atoms with Crippen LogP contribution in [0.4, 0.5) is 0 Å². The largest absolute Gasteiger partial charge is 0.288 e. The molecule has 0 aliphatic carbocycles. The van der Waals surface area contributed by atoms with Gasteiger partial charge < -0.3 is 0 Å². The molecule has 1 fully saturated rings. The maximum Gasteiger partial charge on any atom is 0.0507 e. The van der Waals surface area contributed by atoms with Gasteiger partial charge in [0, 0.05) is 12.1 Å². The zero-order valence-corrected chi connectivity index (χ0v) is 8.57. The minimum absolute atomic E-state index is 0.667. The summed E-state index contributed by atoms with van der Waals surface area (Å²) in [4.78, 5) is 2.54. The van der Waals surface area contributed by atoms with E-state index in [2.05, 4.69) is 56.0 Å². The van der Waals surface area contributed by atoms with E-state index in [1.165, 1.54) is 5.56 Å². The minimum atomic E-state index is 0.667. The molecule has 0 spiro atoms. The second-order valence-corrected chi connectivity index (χ2v) is 4.14. The molecular formula is C12H17N. The van der Waals surface area contributed by atoms with Crippen molar-refractivity contribution in [3.05, 3.63) is 35.9 Å². The number of benzene rings is 1. The molecule has 0 saturated carbocycles. The summed E-state index contributed by atoms with van der Waals surface area (Å²) in [5.41, 5.74) is 1.46. The first-order valence-corrected chi connectivity index (χ1v) is 5.04. The lowest BCUT2D eigenvalue weighted by Crippen LogP contribution is -2.10. The molecule has 0 N–H and O–H groups in total. The number of rotatable bonds is 2. The van der Waals surface area contributed by atoms with Gasteiger partial charge in [-0.15, -0.1) is 0 Å². The van der Waals surface area contributed by atoms with Crippen molar-refractivity contribution in [3.63, 3.8) is 0 Å². The molecule has 0 radical (unpaired) electrons. The molecule has 13 heavy (non-hydrogen) atoms. The van der Waals surface area contributed by atoms with Crippen LogP contribution < -0.4 is 0 Å². The summed E-state index contributed by atoms with van der Waals surface area (Å²) in [6.45, 7) is 6.83. The molecule has 0 bridgehead atoms. The average Bonchev–Trinajstić information content (AvgIpc) is 2.79. The zero-order valence-electron chi connectivity index (χ0n) is 8.57. The molecule has 1 saturated heterocycles. The van der Waals surface area contributed by atoms with Crippen molar-refractivity contribution >= 4 is 0 Å². The van der Waals surface area contributed by atoms with Crippen molar-refractivity contribution in [3.8, 4) is 0 Å². The van der Waals surface area contributed by atoms with Gasteiger partial charge in [0.25, 0.3) is 0 Å². The Morgan fingerprint density at radius 1 is 1.15 bits per heavy atom. The fourth-order valence-corrected chi connectivity index (χ4v) is 2.26. The summed E-state index contributed by atoms with van der Waals surface area (Å²) >= 11 is 0. The molecule has 1 aromatic carbocycles. The van der Waals surface area contributed by atoms with Gasteiger partial charge in [0.05, 0.1) is 6.04 Å². The standard InChI is InChI=1S/C12H17N/c1-9(2)13-10(3)12(13)11-7-5-4-6-8-11/h4-10,12H,1-3H3/t10-,12-,13?/m1/s1. The first-order chi connectivity index (χ1) is 6.22. The van der Waals surface area contributed by atoms with Crippen molar-refractivity contribution in [2.75, 3.05) is 0 Å². The fraction of sp³-hybridized carbons (Fsp3) is 0.500. The van der Waals surface area contributed by atoms with E-state index in [4.69, 9.17) is 0 Å². The van der Waals surface area contributed by atoms with Gasteiger partial charge in [-0.3, -0.25) is 4.90 Å². The summed E-state index contributed by atoms with van der Waals surface area (Å²) in [5, 5.41) is 0. The van der Waals surface area contributed by atoms with Crippen LogP contribution in [0.15, 0.2) is 30.3 Å². The van der Waals surface area contributed by atoms with Gasteiger partial charge in [-0.05, 0) is 26.3 Å². The maximum absolute atomic E-state index is 2.54. The van der Waals surface area contributed by atoms with E-state index in [1.807, 2.05) is 0 Å². The second-order valence-electron chi connectivity index (χ2n) is 4.14. The molecule has 3 atom stereocenters. The van der Waals surface area contributed by atoms with Crippen molar-refractivity contribution in [2.24, 2.45) is 0 Å². The van der Waals surface area contributed by atoms with Crippen LogP contribution in [0.1, 0.15) is 32.4 Å². The lowest BCUT2D eigenvalue weighted by molar-refractivity contribution is 0.404. The Balaban J connectivity index is 2.14. The summed E-state index contributed by atoms with van der Waals surface area (Å²) in [5.74, 6) is 0. The van der Waals surface area contributed by atoms with Gasteiger partial charge in [-0.1, -0.05) is 30.3 Å². The van der Waals surface area contributed by atoms with Crippen molar-refractivity contribution in [2.45, 2.75) is 38.9 Å². The highest BCUT2D eigenvalue weighted by molar-refractivity contribution is 5.26. The second kappa shape index (κ2) is 3.15. The number of hydrogen-bond donors (Lipinski definition) is 0.